The Hall–Kier alpha value is -1.16. The van der Waals surface area contributed by atoms with E-state index in [0.29, 0.717) is 24.9 Å². The minimum atomic E-state index is -0.323. The predicted molar refractivity (Wildman–Crippen MR) is 123 cm³/mol. The summed E-state index contributed by atoms with van der Waals surface area (Å²) in [6.07, 6.45) is 18.4. The lowest BCUT2D eigenvalue weighted by Crippen LogP contribution is -2.29. The topological polar surface area (TPSA) is 43.4 Å². The molecule has 2 saturated carbocycles. The van der Waals surface area contributed by atoms with E-state index in [9.17, 15) is 9.59 Å². The molecular formula is C25H37BrO3. The Morgan fingerprint density at radius 2 is 1.76 bits per heavy atom. The number of rotatable bonds is 6. The van der Waals surface area contributed by atoms with Crippen LogP contribution in [0.15, 0.2) is 35.5 Å². The van der Waals surface area contributed by atoms with Crippen LogP contribution >= 0.6 is 15.9 Å². The van der Waals surface area contributed by atoms with Crippen molar-refractivity contribution in [3.8, 4) is 0 Å². The molecule has 0 atom stereocenters. The zero-order valence-corrected chi connectivity index (χ0v) is 19.9. The molecule has 0 amide bonds. The van der Waals surface area contributed by atoms with E-state index in [1.165, 1.54) is 5.57 Å². The van der Waals surface area contributed by atoms with Crippen molar-refractivity contribution in [1.82, 2.24) is 0 Å². The molecule has 162 valence electrons. The second-order valence-electron chi connectivity index (χ2n) is 8.19. The highest BCUT2D eigenvalue weighted by molar-refractivity contribution is 9.10. The summed E-state index contributed by atoms with van der Waals surface area (Å²) in [6.45, 7) is 6.32. The molecule has 29 heavy (non-hydrogen) atoms. The van der Waals surface area contributed by atoms with Crippen LogP contribution in [0.25, 0.3) is 0 Å². The third kappa shape index (κ3) is 6.67. The van der Waals surface area contributed by atoms with Gasteiger partial charge in [0.05, 0.1) is 10.9 Å². The van der Waals surface area contributed by atoms with E-state index >= 15 is 0 Å². The van der Waals surface area contributed by atoms with Gasteiger partial charge in [-0.3, -0.25) is 9.59 Å². The van der Waals surface area contributed by atoms with Crippen LogP contribution in [0.4, 0.5) is 0 Å². The van der Waals surface area contributed by atoms with Crippen LogP contribution in [0.5, 0.6) is 0 Å². The van der Waals surface area contributed by atoms with E-state index < -0.39 is 0 Å². The van der Waals surface area contributed by atoms with Crippen LogP contribution in [0, 0.1) is 11.8 Å². The second kappa shape index (κ2) is 11.9. The Bertz CT molecular complexity index is 645. The molecule has 0 N–H and O–H groups in total. The molecule has 3 rings (SSSR count). The average Bonchev–Trinajstić information content (AvgIpc) is 3.04. The van der Waals surface area contributed by atoms with E-state index in [-0.39, 0.29) is 16.1 Å². The first-order valence-electron chi connectivity index (χ1n) is 11.5. The highest BCUT2D eigenvalue weighted by Gasteiger charge is 2.39. The smallest absolute Gasteiger partial charge is 0.306 e. The standard InChI is InChI=1S/C23H31BrO3.C2H6/c1-2-27-21(25)16-17-8-10-19(11-9-17)18-6-5-7-20(13-12-18)22(26)23(24)14-3-4-15-23;1-2/h5-6,12-13,17,19H,2-4,7-11,14-16H2,1H3;1-2H3. The summed E-state index contributed by atoms with van der Waals surface area (Å²) in [7, 11) is 0. The van der Waals surface area contributed by atoms with Gasteiger partial charge in [0.25, 0.3) is 0 Å². The highest BCUT2D eigenvalue weighted by atomic mass is 79.9. The second-order valence-corrected chi connectivity index (χ2v) is 9.71. The first-order chi connectivity index (χ1) is 14.0. The monoisotopic (exact) mass is 464 g/mol. The van der Waals surface area contributed by atoms with Gasteiger partial charge in [-0.2, -0.15) is 0 Å². The molecule has 3 nitrogen and oxygen atoms in total. The van der Waals surface area contributed by atoms with E-state index in [4.69, 9.17) is 4.74 Å². The third-order valence-electron chi connectivity index (χ3n) is 6.30. The van der Waals surface area contributed by atoms with Gasteiger partial charge >= 0.3 is 5.97 Å². The van der Waals surface area contributed by atoms with Gasteiger partial charge in [-0.1, -0.05) is 66.9 Å². The van der Waals surface area contributed by atoms with Gasteiger partial charge in [-0.05, 0) is 69.3 Å². The number of hydrogen-bond donors (Lipinski definition) is 0. The molecule has 0 aromatic carbocycles. The van der Waals surface area contributed by atoms with Gasteiger partial charge in [0.1, 0.15) is 0 Å². The number of halogens is 1. The molecule has 0 saturated heterocycles. The maximum Gasteiger partial charge on any atom is 0.306 e. The lowest BCUT2D eigenvalue weighted by atomic mass is 9.77. The average molecular weight is 465 g/mol. The number of Topliss-reactive ketones (excluding diaryl/α,β-unsaturated/α-hetero) is 1. The summed E-state index contributed by atoms with van der Waals surface area (Å²) < 4.78 is 4.76. The number of ketones is 1. The van der Waals surface area contributed by atoms with E-state index in [2.05, 4.69) is 40.2 Å². The molecule has 0 radical (unpaired) electrons. The maximum atomic E-state index is 12.9. The summed E-state index contributed by atoms with van der Waals surface area (Å²) >= 11 is 3.73. The molecule has 0 spiro atoms. The normalized spacial score (nSPS) is 25.8. The van der Waals surface area contributed by atoms with Crippen LogP contribution in [-0.4, -0.2) is 22.7 Å². The zero-order valence-electron chi connectivity index (χ0n) is 18.3. The number of carbonyl (C=O) groups is 2. The molecule has 0 unspecified atom stereocenters. The summed E-state index contributed by atoms with van der Waals surface area (Å²) in [5.41, 5.74) is 2.26. The van der Waals surface area contributed by atoms with Crippen LogP contribution in [0.3, 0.4) is 0 Å². The number of hydrogen-bond acceptors (Lipinski definition) is 3. The maximum absolute atomic E-state index is 12.9. The van der Waals surface area contributed by atoms with Crippen LogP contribution < -0.4 is 0 Å². The van der Waals surface area contributed by atoms with Gasteiger partial charge in [-0.25, -0.2) is 0 Å². The van der Waals surface area contributed by atoms with Gasteiger partial charge in [0.2, 0.25) is 0 Å². The molecular weight excluding hydrogens is 428 g/mol. The van der Waals surface area contributed by atoms with Crippen molar-refractivity contribution < 1.29 is 14.3 Å². The van der Waals surface area contributed by atoms with Crippen molar-refractivity contribution in [3.05, 3.63) is 35.5 Å². The summed E-state index contributed by atoms with van der Waals surface area (Å²) in [4.78, 5) is 24.6. The number of alkyl halides is 1. The Kier molecular flexibility index (Phi) is 9.88. The molecule has 0 heterocycles. The first-order valence-corrected chi connectivity index (χ1v) is 12.3. The van der Waals surface area contributed by atoms with Crippen molar-refractivity contribution in [2.45, 2.75) is 89.3 Å². The van der Waals surface area contributed by atoms with Gasteiger partial charge in [0, 0.05) is 12.0 Å². The fraction of sp³-hybridized carbons (Fsp3) is 0.680. The van der Waals surface area contributed by atoms with Crippen molar-refractivity contribution >= 4 is 27.7 Å². The SMILES string of the molecule is CC.CCOC(=O)CC1CCC(C2=CC=C(C(=O)C3(Br)CCCC3)CC=C2)CC1. The lowest BCUT2D eigenvalue weighted by molar-refractivity contribution is -0.144. The fourth-order valence-electron chi connectivity index (χ4n) is 4.69. The minimum Gasteiger partial charge on any atom is -0.466 e. The predicted octanol–water partition coefficient (Wildman–Crippen LogP) is 6.86. The molecule has 0 aromatic heterocycles. The van der Waals surface area contributed by atoms with Gasteiger partial charge < -0.3 is 4.74 Å². The zero-order chi connectivity index (χ0) is 21.3. The van der Waals surface area contributed by atoms with Crippen LogP contribution in [0.2, 0.25) is 0 Å². The molecule has 0 aromatic rings. The van der Waals surface area contributed by atoms with E-state index in [1.54, 1.807) is 0 Å². The Balaban J connectivity index is 0.00000145. The van der Waals surface area contributed by atoms with Crippen molar-refractivity contribution in [2.24, 2.45) is 11.8 Å². The molecule has 3 aliphatic rings. The van der Waals surface area contributed by atoms with E-state index in [1.807, 2.05) is 20.8 Å². The number of allylic oxidation sites excluding steroid dienone is 6. The number of ether oxygens (including phenoxy) is 1. The number of carbonyl (C=O) groups excluding carboxylic acids is 2. The van der Waals surface area contributed by atoms with E-state index in [0.717, 1.165) is 63.4 Å². The largest absolute Gasteiger partial charge is 0.466 e. The Morgan fingerprint density at radius 3 is 2.38 bits per heavy atom. The fourth-order valence-corrected chi connectivity index (χ4v) is 5.50. The summed E-state index contributed by atoms with van der Waals surface area (Å²) in [6, 6.07) is 0. The van der Waals surface area contributed by atoms with Gasteiger partial charge in [-0.15, -0.1) is 0 Å². The minimum absolute atomic E-state index is 0.0590. The number of esters is 1. The Morgan fingerprint density at radius 1 is 1.10 bits per heavy atom. The molecule has 0 bridgehead atoms. The third-order valence-corrected chi connectivity index (χ3v) is 7.45. The highest BCUT2D eigenvalue weighted by Crippen LogP contribution is 2.41. The molecule has 0 aliphatic heterocycles. The lowest BCUT2D eigenvalue weighted by Gasteiger charge is -2.28. The van der Waals surface area contributed by atoms with Crippen molar-refractivity contribution in [2.75, 3.05) is 6.61 Å². The van der Waals surface area contributed by atoms with Crippen LogP contribution in [0.1, 0.15) is 85.0 Å². The summed E-state index contributed by atoms with van der Waals surface area (Å²) in [5.74, 6) is 1.21. The quantitative estimate of drug-likeness (QED) is 0.318. The van der Waals surface area contributed by atoms with Crippen LogP contribution in [-0.2, 0) is 14.3 Å². The Labute approximate surface area is 185 Å². The summed E-state index contributed by atoms with van der Waals surface area (Å²) in [5, 5.41) is 0. The molecule has 4 heteroatoms. The van der Waals surface area contributed by atoms with Crippen molar-refractivity contribution in [3.63, 3.8) is 0 Å². The molecule has 3 aliphatic carbocycles. The molecule has 2 fully saturated rings. The van der Waals surface area contributed by atoms with Gasteiger partial charge in [0.15, 0.2) is 5.78 Å². The van der Waals surface area contributed by atoms with Crippen molar-refractivity contribution in [1.29, 1.82) is 0 Å². The first kappa shape index (κ1) is 24.1.